The minimum atomic E-state index is -1.27. The van der Waals surface area contributed by atoms with Gasteiger partial charge in [-0.1, -0.05) is 60.7 Å². The van der Waals surface area contributed by atoms with Crippen molar-refractivity contribution >= 4 is 16.8 Å². The Balaban J connectivity index is 2.08. The van der Waals surface area contributed by atoms with Crippen molar-refractivity contribution in [1.82, 2.24) is 4.90 Å². The Morgan fingerprint density at radius 3 is 1.92 bits per heavy atom. The van der Waals surface area contributed by atoms with Gasteiger partial charge in [0.05, 0.1) is 5.60 Å². The van der Waals surface area contributed by atoms with Crippen LogP contribution in [0.25, 0.3) is 0 Å². The Morgan fingerprint density at radius 2 is 1.50 bits per heavy atom. The number of hydrogen-bond donors (Lipinski definition) is 0. The Kier molecular flexibility index (Phi) is 7.76. The monoisotopic (exact) mass is 377 g/mol. The molecule has 0 saturated heterocycles. The predicted octanol–water partition coefficient (Wildman–Crippen LogP) is 4.59. The van der Waals surface area contributed by atoms with Gasteiger partial charge in [0.1, 0.15) is 12.8 Å². The predicted molar refractivity (Wildman–Crippen MR) is 103 cm³/mol. The van der Waals surface area contributed by atoms with Crippen LogP contribution in [0.3, 0.4) is 0 Å². The van der Waals surface area contributed by atoms with Crippen LogP contribution in [0.4, 0.5) is 4.39 Å². The molecule has 0 aliphatic rings. The van der Waals surface area contributed by atoms with Crippen molar-refractivity contribution in [3.05, 3.63) is 71.8 Å². The summed E-state index contributed by atoms with van der Waals surface area (Å²) in [6.45, 7) is 4.42. The molecule has 140 valence electrons. The van der Waals surface area contributed by atoms with Crippen LogP contribution in [0.2, 0.25) is 0 Å². The minimum absolute atomic E-state index is 0.188. The zero-order chi connectivity index (χ0) is 19.0. The maximum atomic E-state index is 15.0. The summed E-state index contributed by atoms with van der Waals surface area (Å²) in [5.74, 6) is 0. The third-order valence-corrected chi connectivity index (χ3v) is 4.34. The van der Waals surface area contributed by atoms with Gasteiger partial charge in [0.15, 0.2) is 0 Å². The fourth-order valence-corrected chi connectivity index (χ4v) is 2.70. The number of hydrogen-bond acceptors (Lipinski definition) is 3. The molecule has 0 saturated carbocycles. The number of nitrogens with zero attached hydrogens (tertiary/aromatic N) is 1. The molecule has 2 aromatic carbocycles. The smallest absolute Gasteiger partial charge is 0.247 e. The summed E-state index contributed by atoms with van der Waals surface area (Å²) in [5, 5.41) is -0.629. The second-order valence-corrected chi connectivity index (χ2v) is 7.28. The van der Waals surface area contributed by atoms with Gasteiger partial charge in [-0.2, -0.15) is 0 Å². The van der Waals surface area contributed by atoms with E-state index in [1.54, 1.807) is 13.8 Å². The summed E-state index contributed by atoms with van der Waals surface area (Å²) in [6.07, 6.45) is -1.27. The molecule has 0 aliphatic heterocycles. The van der Waals surface area contributed by atoms with E-state index in [9.17, 15) is 9.18 Å². The fraction of sp³-hybridized carbons (Fsp3) is 0.381. The maximum absolute atomic E-state index is 15.0. The summed E-state index contributed by atoms with van der Waals surface area (Å²) in [7, 11) is 0. The largest absolute Gasteiger partial charge is 0.363 e. The Bertz CT molecular complexity index is 637. The highest BCUT2D eigenvalue weighted by atomic mass is 35.5. The van der Waals surface area contributed by atoms with Crippen LogP contribution >= 0.6 is 11.6 Å². The summed E-state index contributed by atoms with van der Waals surface area (Å²) in [6, 6.07) is 19.9. The van der Waals surface area contributed by atoms with Crippen molar-refractivity contribution in [2.45, 2.75) is 38.7 Å². The minimum Gasteiger partial charge on any atom is -0.363 e. The van der Waals surface area contributed by atoms with Crippen molar-refractivity contribution < 1.29 is 13.9 Å². The fourth-order valence-electron chi connectivity index (χ4n) is 2.65. The van der Waals surface area contributed by atoms with E-state index in [2.05, 4.69) is 0 Å². The van der Waals surface area contributed by atoms with Gasteiger partial charge >= 0.3 is 0 Å². The normalized spacial score (nSPS) is 13.0. The van der Waals surface area contributed by atoms with Gasteiger partial charge in [-0.05, 0) is 36.6 Å². The summed E-state index contributed by atoms with van der Waals surface area (Å²) in [4.78, 5) is 13.0. The molecular weight excluding hydrogens is 353 g/mol. The van der Waals surface area contributed by atoms with Gasteiger partial charge in [-0.15, -0.1) is 0 Å². The molecule has 5 heteroatoms. The zero-order valence-corrected chi connectivity index (χ0v) is 16.0. The zero-order valence-electron chi connectivity index (χ0n) is 15.2. The quantitative estimate of drug-likeness (QED) is 0.567. The number of benzene rings is 2. The van der Waals surface area contributed by atoms with Crippen molar-refractivity contribution in [2.24, 2.45) is 0 Å². The second-order valence-electron chi connectivity index (χ2n) is 6.86. The van der Waals surface area contributed by atoms with Gasteiger partial charge < -0.3 is 4.74 Å². The van der Waals surface area contributed by atoms with Crippen molar-refractivity contribution in [3.63, 3.8) is 0 Å². The van der Waals surface area contributed by atoms with Crippen LogP contribution in [-0.4, -0.2) is 35.1 Å². The van der Waals surface area contributed by atoms with E-state index >= 15 is 0 Å². The lowest BCUT2D eigenvalue weighted by Gasteiger charge is -2.33. The lowest BCUT2D eigenvalue weighted by atomic mass is 10.0. The molecule has 26 heavy (non-hydrogen) atoms. The number of carbonyl (C=O) groups is 1. The van der Waals surface area contributed by atoms with Crippen LogP contribution in [0.5, 0.6) is 0 Å². The highest BCUT2D eigenvalue weighted by Crippen LogP contribution is 2.21. The highest BCUT2D eigenvalue weighted by molar-refractivity contribution is 6.63. The maximum Gasteiger partial charge on any atom is 0.247 e. The average molecular weight is 378 g/mol. The number of ether oxygens (including phenoxy) is 1. The van der Waals surface area contributed by atoms with Crippen LogP contribution in [0, 0.1) is 0 Å². The SMILES string of the molecule is CC(C)(OCC(=O)Cl)C(F)CN(Cc1ccccc1)Cc1ccccc1. The lowest BCUT2D eigenvalue weighted by molar-refractivity contribution is -0.127. The van der Waals surface area contributed by atoms with Gasteiger partial charge in [-0.25, -0.2) is 4.39 Å². The third-order valence-electron chi connectivity index (χ3n) is 4.23. The molecule has 3 nitrogen and oxygen atoms in total. The van der Waals surface area contributed by atoms with Crippen LogP contribution in [-0.2, 0) is 22.6 Å². The highest BCUT2D eigenvalue weighted by Gasteiger charge is 2.32. The first-order valence-electron chi connectivity index (χ1n) is 8.63. The number of carbonyl (C=O) groups excluding carboxylic acids is 1. The number of halogens is 2. The Hall–Kier alpha value is -1.75. The molecule has 0 aliphatic carbocycles. The molecule has 0 radical (unpaired) electrons. The molecule has 1 atom stereocenters. The first kappa shape index (κ1) is 20.6. The van der Waals surface area contributed by atoms with E-state index in [1.807, 2.05) is 65.6 Å². The van der Waals surface area contributed by atoms with E-state index in [0.29, 0.717) is 13.1 Å². The molecule has 0 N–H and O–H groups in total. The van der Waals surface area contributed by atoms with Gasteiger partial charge in [-0.3, -0.25) is 9.69 Å². The molecule has 0 spiro atoms. The average Bonchev–Trinajstić information content (AvgIpc) is 2.61. The standard InChI is InChI=1S/C21H25ClFNO2/c1-21(2,26-16-20(22)25)19(23)15-24(13-17-9-5-3-6-10-17)14-18-11-7-4-8-12-18/h3-12,19H,13-16H2,1-2H3. The molecule has 2 aromatic rings. The van der Waals surface area contributed by atoms with Crippen molar-refractivity contribution in [2.75, 3.05) is 13.2 Å². The van der Waals surface area contributed by atoms with Gasteiger partial charge in [0.25, 0.3) is 0 Å². The first-order chi connectivity index (χ1) is 12.4. The topological polar surface area (TPSA) is 29.5 Å². The van der Waals surface area contributed by atoms with E-state index in [1.165, 1.54) is 0 Å². The van der Waals surface area contributed by atoms with Gasteiger partial charge in [0, 0.05) is 19.6 Å². The molecule has 0 aromatic heterocycles. The van der Waals surface area contributed by atoms with Crippen LogP contribution in [0.1, 0.15) is 25.0 Å². The van der Waals surface area contributed by atoms with Gasteiger partial charge in [0.2, 0.25) is 5.24 Å². The van der Waals surface area contributed by atoms with E-state index in [4.69, 9.17) is 16.3 Å². The molecule has 0 amide bonds. The first-order valence-corrected chi connectivity index (χ1v) is 9.01. The lowest BCUT2D eigenvalue weighted by Crippen LogP contribution is -2.44. The molecular formula is C21H25ClFNO2. The number of rotatable bonds is 10. The molecule has 2 rings (SSSR count). The molecule has 0 fully saturated rings. The Morgan fingerprint density at radius 1 is 1.04 bits per heavy atom. The molecule has 0 heterocycles. The van der Waals surface area contributed by atoms with Crippen molar-refractivity contribution in [3.8, 4) is 0 Å². The van der Waals surface area contributed by atoms with Crippen LogP contribution in [0.15, 0.2) is 60.7 Å². The third kappa shape index (κ3) is 6.87. The van der Waals surface area contributed by atoms with Crippen molar-refractivity contribution in [1.29, 1.82) is 0 Å². The molecule has 0 bridgehead atoms. The van der Waals surface area contributed by atoms with E-state index in [0.717, 1.165) is 11.1 Å². The summed E-state index contributed by atoms with van der Waals surface area (Å²) in [5.41, 5.74) is 1.13. The molecule has 1 unspecified atom stereocenters. The number of alkyl halides is 1. The van der Waals surface area contributed by atoms with E-state index in [-0.39, 0.29) is 13.2 Å². The summed E-state index contributed by atoms with van der Waals surface area (Å²) < 4.78 is 20.3. The van der Waals surface area contributed by atoms with E-state index < -0.39 is 17.0 Å². The second kappa shape index (κ2) is 9.81. The summed E-state index contributed by atoms with van der Waals surface area (Å²) >= 11 is 5.31. The Labute approximate surface area is 159 Å². The van der Waals surface area contributed by atoms with Crippen LogP contribution < -0.4 is 0 Å².